The van der Waals surface area contributed by atoms with E-state index in [1.54, 1.807) is 0 Å². The zero-order valence-electron chi connectivity index (χ0n) is 12.5. The zero-order chi connectivity index (χ0) is 13.1. The summed E-state index contributed by atoms with van der Waals surface area (Å²) in [5.74, 6) is 0.742. The van der Waals surface area contributed by atoms with Crippen LogP contribution in [0.3, 0.4) is 0 Å². The first-order valence-electron chi connectivity index (χ1n) is 6.54. The predicted molar refractivity (Wildman–Crippen MR) is 73.6 cm³/mol. The molecule has 0 radical (unpaired) electrons. The second-order valence-electron chi connectivity index (χ2n) is 6.81. The molecular formula is C14H32N2. The highest BCUT2D eigenvalue weighted by molar-refractivity contribution is 4.89. The zero-order valence-corrected chi connectivity index (χ0v) is 12.5. The van der Waals surface area contributed by atoms with Gasteiger partial charge in [-0.15, -0.1) is 0 Å². The van der Waals surface area contributed by atoms with Crippen molar-refractivity contribution >= 4 is 0 Å². The van der Waals surface area contributed by atoms with E-state index >= 15 is 0 Å². The maximum absolute atomic E-state index is 6.15. The Labute approximate surface area is 103 Å². The lowest BCUT2D eigenvalue weighted by Gasteiger charge is -2.44. The van der Waals surface area contributed by atoms with Crippen LogP contribution in [0, 0.1) is 11.3 Å². The highest BCUT2D eigenvalue weighted by Crippen LogP contribution is 2.28. The SMILES string of the molecule is CC(C)CC(C)N(C)C(C(C)N)C(C)(C)C. The second kappa shape index (κ2) is 6.02. The number of hydrogen-bond donors (Lipinski definition) is 1. The van der Waals surface area contributed by atoms with Crippen molar-refractivity contribution in [3.05, 3.63) is 0 Å². The second-order valence-corrected chi connectivity index (χ2v) is 6.81. The summed E-state index contributed by atoms with van der Waals surface area (Å²) in [6.07, 6.45) is 1.23. The molecule has 0 saturated carbocycles. The molecule has 3 atom stereocenters. The molecule has 98 valence electrons. The maximum atomic E-state index is 6.15. The number of nitrogens with zero attached hydrogens (tertiary/aromatic N) is 1. The Balaban J connectivity index is 4.68. The molecular weight excluding hydrogens is 196 g/mol. The summed E-state index contributed by atoms with van der Waals surface area (Å²) in [5, 5.41) is 0. The van der Waals surface area contributed by atoms with Gasteiger partial charge in [0.1, 0.15) is 0 Å². The Kier molecular flexibility index (Phi) is 5.99. The Hall–Kier alpha value is -0.0800. The van der Waals surface area contributed by atoms with Gasteiger partial charge >= 0.3 is 0 Å². The van der Waals surface area contributed by atoms with E-state index in [9.17, 15) is 0 Å². The molecule has 2 nitrogen and oxygen atoms in total. The summed E-state index contributed by atoms with van der Waals surface area (Å²) in [4.78, 5) is 2.46. The lowest BCUT2D eigenvalue weighted by atomic mass is 9.81. The quantitative estimate of drug-likeness (QED) is 0.783. The van der Waals surface area contributed by atoms with Crippen LogP contribution in [-0.2, 0) is 0 Å². The van der Waals surface area contributed by atoms with Crippen LogP contribution in [-0.4, -0.2) is 30.1 Å². The van der Waals surface area contributed by atoms with Crippen LogP contribution in [0.4, 0.5) is 0 Å². The topological polar surface area (TPSA) is 29.3 Å². The molecule has 0 amide bonds. The lowest BCUT2D eigenvalue weighted by molar-refractivity contribution is 0.0666. The minimum Gasteiger partial charge on any atom is -0.327 e. The Morgan fingerprint density at radius 3 is 1.75 bits per heavy atom. The molecule has 0 rings (SSSR count). The first-order chi connectivity index (χ1) is 7.07. The third kappa shape index (κ3) is 4.84. The molecule has 0 aliphatic rings. The minimum atomic E-state index is 0.208. The van der Waals surface area contributed by atoms with Crippen molar-refractivity contribution in [1.29, 1.82) is 0 Å². The molecule has 2 heteroatoms. The standard InChI is InChI=1S/C14H32N2/c1-10(2)9-11(3)16(8)13(12(4)15)14(5,6)7/h10-13H,9,15H2,1-8H3. The van der Waals surface area contributed by atoms with Crippen LogP contribution in [0.1, 0.15) is 54.9 Å². The van der Waals surface area contributed by atoms with E-state index < -0.39 is 0 Å². The average Bonchev–Trinajstić information content (AvgIpc) is 1.98. The average molecular weight is 228 g/mol. The van der Waals surface area contributed by atoms with Gasteiger partial charge in [-0.05, 0) is 38.6 Å². The summed E-state index contributed by atoms with van der Waals surface area (Å²) in [5.41, 5.74) is 6.38. The summed E-state index contributed by atoms with van der Waals surface area (Å²) in [7, 11) is 2.21. The number of hydrogen-bond acceptors (Lipinski definition) is 2. The summed E-state index contributed by atoms with van der Waals surface area (Å²) in [6, 6.07) is 1.23. The summed E-state index contributed by atoms with van der Waals surface area (Å²) >= 11 is 0. The number of rotatable bonds is 5. The van der Waals surface area contributed by atoms with Crippen molar-refractivity contribution in [2.45, 2.75) is 73.0 Å². The molecule has 3 unspecified atom stereocenters. The molecule has 0 aromatic carbocycles. The van der Waals surface area contributed by atoms with Crippen LogP contribution in [0.15, 0.2) is 0 Å². The van der Waals surface area contributed by atoms with E-state index in [1.807, 2.05) is 0 Å². The summed E-state index contributed by atoms with van der Waals surface area (Å²) < 4.78 is 0. The van der Waals surface area contributed by atoms with Crippen LogP contribution < -0.4 is 5.73 Å². The monoisotopic (exact) mass is 228 g/mol. The van der Waals surface area contributed by atoms with Gasteiger partial charge < -0.3 is 5.73 Å². The van der Waals surface area contributed by atoms with Gasteiger partial charge in [-0.1, -0.05) is 34.6 Å². The third-order valence-electron chi connectivity index (χ3n) is 3.33. The smallest absolute Gasteiger partial charge is 0.0292 e. The van der Waals surface area contributed by atoms with E-state index in [4.69, 9.17) is 5.73 Å². The Morgan fingerprint density at radius 1 is 1.06 bits per heavy atom. The first kappa shape index (κ1) is 15.9. The van der Waals surface area contributed by atoms with Gasteiger partial charge in [0.2, 0.25) is 0 Å². The molecule has 0 saturated heterocycles. The molecule has 0 aromatic heterocycles. The molecule has 0 fully saturated rings. The highest BCUT2D eigenvalue weighted by atomic mass is 15.2. The van der Waals surface area contributed by atoms with Crippen LogP contribution in [0.5, 0.6) is 0 Å². The fraction of sp³-hybridized carbons (Fsp3) is 1.00. The van der Waals surface area contributed by atoms with Gasteiger partial charge in [0.25, 0.3) is 0 Å². The molecule has 0 heterocycles. The first-order valence-corrected chi connectivity index (χ1v) is 6.54. The molecule has 0 aromatic rings. The minimum absolute atomic E-state index is 0.208. The van der Waals surface area contributed by atoms with Crippen molar-refractivity contribution in [2.75, 3.05) is 7.05 Å². The fourth-order valence-electron chi connectivity index (χ4n) is 2.89. The van der Waals surface area contributed by atoms with Crippen molar-refractivity contribution < 1.29 is 0 Å². The molecule has 0 bridgehead atoms. The highest BCUT2D eigenvalue weighted by Gasteiger charge is 2.33. The number of likely N-dealkylation sites (N-methyl/N-ethyl adjacent to an activating group) is 1. The van der Waals surface area contributed by atoms with Crippen LogP contribution >= 0.6 is 0 Å². The van der Waals surface area contributed by atoms with Gasteiger partial charge in [0.05, 0.1) is 0 Å². The van der Waals surface area contributed by atoms with Gasteiger partial charge in [-0.3, -0.25) is 4.90 Å². The molecule has 0 spiro atoms. The fourth-order valence-corrected chi connectivity index (χ4v) is 2.89. The molecule has 16 heavy (non-hydrogen) atoms. The van der Waals surface area contributed by atoms with E-state index in [-0.39, 0.29) is 11.5 Å². The lowest BCUT2D eigenvalue weighted by Crippen LogP contribution is -2.54. The maximum Gasteiger partial charge on any atom is 0.0292 e. The largest absolute Gasteiger partial charge is 0.327 e. The normalized spacial score (nSPS) is 18.9. The van der Waals surface area contributed by atoms with Crippen molar-refractivity contribution in [1.82, 2.24) is 4.90 Å². The van der Waals surface area contributed by atoms with Crippen molar-refractivity contribution in [3.63, 3.8) is 0 Å². The van der Waals surface area contributed by atoms with Gasteiger partial charge in [0, 0.05) is 18.1 Å². The van der Waals surface area contributed by atoms with E-state index in [1.165, 1.54) is 6.42 Å². The Morgan fingerprint density at radius 2 is 1.50 bits per heavy atom. The molecule has 0 aliphatic heterocycles. The van der Waals surface area contributed by atoms with Crippen molar-refractivity contribution in [2.24, 2.45) is 17.1 Å². The Bertz CT molecular complexity index is 191. The van der Waals surface area contributed by atoms with Crippen LogP contribution in [0.25, 0.3) is 0 Å². The van der Waals surface area contributed by atoms with Gasteiger partial charge in [-0.2, -0.15) is 0 Å². The van der Waals surface area contributed by atoms with Gasteiger partial charge in [-0.25, -0.2) is 0 Å². The van der Waals surface area contributed by atoms with E-state index in [2.05, 4.69) is 60.4 Å². The van der Waals surface area contributed by atoms with Crippen molar-refractivity contribution in [3.8, 4) is 0 Å². The number of nitrogens with two attached hydrogens (primary N) is 1. The molecule has 0 aliphatic carbocycles. The van der Waals surface area contributed by atoms with Gasteiger partial charge in [0.15, 0.2) is 0 Å². The van der Waals surface area contributed by atoms with Crippen LogP contribution in [0.2, 0.25) is 0 Å². The van der Waals surface area contributed by atoms with E-state index in [0.29, 0.717) is 12.1 Å². The molecule has 2 N–H and O–H groups in total. The summed E-state index contributed by atoms with van der Waals surface area (Å²) in [6.45, 7) is 15.8. The van der Waals surface area contributed by atoms with E-state index in [0.717, 1.165) is 5.92 Å². The third-order valence-corrected chi connectivity index (χ3v) is 3.33. The predicted octanol–water partition coefficient (Wildman–Crippen LogP) is 3.11.